The summed E-state index contributed by atoms with van der Waals surface area (Å²) in [6.07, 6.45) is 7.19. The van der Waals surface area contributed by atoms with Crippen molar-refractivity contribution in [2.75, 3.05) is 0 Å². The van der Waals surface area contributed by atoms with Crippen molar-refractivity contribution in [3.05, 3.63) is 84.7 Å². The number of nitrogens with zero attached hydrogens (tertiary/aromatic N) is 4. The van der Waals surface area contributed by atoms with E-state index in [1.54, 1.807) is 24.8 Å². The van der Waals surface area contributed by atoms with Crippen LogP contribution < -0.4 is 0 Å². The van der Waals surface area contributed by atoms with Crippen LogP contribution >= 0.6 is 0 Å². The second-order valence-corrected chi connectivity index (χ2v) is 6.13. The first-order chi connectivity index (χ1) is 12.7. The molecular weight excluding hydrogens is 320 g/mol. The molecule has 4 heteroatoms. The number of aromatic nitrogens is 4. The number of rotatable bonds is 3. The van der Waals surface area contributed by atoms with Gasteiger partial charge in [-0.15, -0.1) is 0 Å². The molecule has 0 fully saturated rings. The lowest BCUT2D eigenvalue weighted by Crippen LogP contribution is -1.95. The maximum atomic E-state index is 4.77. The summed E-state index contributed by atoms with van der Waals surface area (Å²) in [7, 11) is 0. The highest BCUT2D eigenvalue weighted by molar-refractivity contribution is 5.71. The molecule has 0 aliphatic rings. The van der Waals surface area contributed by atoms with Gasteiger partial charge in [-0.2, -0.15) is 0 Å². The summed E-state index contributed by atoms with van der Waals surface area (Å²) in [5.41, 5.74) is 8.18. The first-order valence-electron chi connectivity index (χ1n) is 8.49. The molecule has 0 aliphatic carbocycles. The van der Waals surface area contributed by atoms with E-state index in [0.717, 1.165) is 45.0 Å². The van der Waals surface area contributed by atoms with Gasteiger partial charge >= 0.3 is 0 Å². The van der Waals surface area contributed by atoms with Gasteiger partial charge < -0.3 is 0 Å². The van der Waals surface area contributed by atoms with Crippen molar-refractivity contribution in [3.8, 4) is 33.6 Å². The molecule has 0 bridgehead atoms. The Morgan fingerprint density at radius 2 is 0.885 bits per heavy atom. The van der Waals surface area contributed by atoms with Gasteiger partial charge in [0.1, 0.15) is 0 Å². The van der Waals surface area contributed by atoms with Gasteiger partial charge in [-0.05, 0) is 61.4 Å². The quantitative estimate of drug-likeness (QED) is 0.534. The zero-order valence-electron chi connectivity index (χ0n) is 14.7. The molecule has 4 heterocycles. The van der Waals surface area contributed by atoms with E-state index < -0.39 is 0 Å². The molecule has 4 aromatic heterocycles. The van der Waals surface area contributed by atoms with Crippen molar-refractivity contribution in [2.45, 2.75) is 13.8 Å². The second kappa shape index (κ2) is 6.84. The first-order valence-corrected chi connectivity index (χ1v) is 8.49. The van der Waals surface area contributed by atoms with Crippen LogP contribution in [0.15, 0.2) is 73.3 Å². The minimum Gasteiger partial charge on any atom is -0.265 e. The van der Waals surface area contributed by atoms with Crippen LogP contribution in [0.25, 0.3) is 33.6 Å². The van der Waals surface area contributed by atoms with Gasteiger partial charge in [0.2, 0.25) is 0 Å². The van der Waals surface area contributed by atoms with E-state index in [1.165, 1.54) is 0 Å². The number of pyridine rings is 4. The summed E-state index contributed by atoms with van der Waals surface area (Å²) in [5.74, 6) is 0. The molecule has 126 valence electrons. The fraction of sp³-hybridized carbons (Fsp3) is 0.0909. The van der Waals surface area contributed by atoms with Crippen LogP contribution in [0.5, 0.6) is 0 Å². The van der Waals surface area contributed by atoms with Crippen molar-refractivity contribution in [2.24, 2.45) is 0 Å². The Hall–Kier alpha value is -3.40. The highest BCUT2D eigenvalue weighted by atomic mass is 14.8. The summed E-state index contributed by atoms with van der Waals surface area (Å²) in [5, 5.41) is 0. The van der Waals surface area contributed by atoms with Gasteiger partial charge in [0, 0.05) is 47.3 Å². The van der Waals surface area contributed by atoms with Gasteiger partial charge in [0.15, 0.2) is 0 Å². The average molecular weight is 338 g/mol. The van der Waals surface area contributed by atoms with Crippen LogP contribution in [0, 0.1) is 13.8 Å². The normalized spacial score (nSPS) is 10.7. The highest BCUT2D eigenvalue weighted by Gasteiger charge is 2.09. The molecule has 0 aliphatic heterocycles. The minimum atomic E-state index is 0.879. The standard InChI is InChI=1S/C22H18N4/c1-15-19(17-7-11-23-12-8-17)3-5-21(25-15)22-6-4-20(16(2)26-22)18-9-13-24-14-10-18/h3-14H,1-2H3. The third kappa shape index (κ3) is 3.09. The van der Waals surface area contributed by atoms with Crippen molar-refractivity contribution < 1.29 is 0 Å². The molecule has 0 atom stereocenters. The largest absolute Gasteiger partial charge is 0.265 e. The molecular formula is C22H18N4. The summed E-state index contributed by atoms with van der Waals surface area (Å²) in [6, 6.07) is 16.2. The molecule has 0 amide bonds. The molecule has 0 unspecified atom stereocenters. The van der Waals surface area contributed by atoms with E-state index in [9.17, 15) is 0 Å². The predicted octanol–water partition coefficient (Wildman–Crippen LogP) is 4.88. The van der Waals surface area contributed by atoms with Gasteiger partial charge in [0.25, 0.3) is 0 Å². The SMILES string of the molecule is Cc1nc(-c2ccc(-c3ccncc3)c(C)n2)ccc1-c1ccncc1. The third-order valence-electron chi connectivity index (χ3n) is 4.42. The Labute approximate surface area is 152 Å². The monoisotopic (exact) mass is 338 g/mol. The molecule has 0 saturated carbocycles. The average Bonchev–Trinajstić information content (AvgIpc) is 2.69. The Morgan fingerprint density at radius 3 is 1.23 bits per heavy atom. The Kier molecular flexibility index (Phi) is 4.23. The van der Waals surface area contributed by atoms with E-state index in [1.807, 2.05) is 50.2 Å². The Morgan fingerprint density at radius 1 is 0.500 bits per heavy atom. The van der Waals surface area contributed by atoms with Crippen molar-refractivity contribution in [3.63, 3.8) is 0 Å². The third-order valence-corrected chi connectivity index (χ3v) is 4.42. The van der Waals surface area contributed by atoms with Crippen molar-refractivity contribution in [1.29, 1.82) is 0 Å². The molecule has 26 heavy (non-hydrogen) atoms. The van der Waals surface area contributed by atoms with Crippen LogP contribution in [0.4, 0.5) is 0 Å². The molecule has 4 rings (SSSR count). The van der Waals surface area contributed by atoms with Gasteiger partial charge in [0.05, 0.1) is 11.4 Å². The summed E-state index contributed by atoms with van der Waals surface area (Å²) >= 11 is 0. The van der Waals surface area contributed by atoms with Crippen molar-refractivity contribution >= 4 is 0 Å². The Bertz CT molecular complexity index is 957. The van der Waals surface area contributed by atoms with Gasteiger partial charge in [-0.1, -0.05) is 12.1 Å². The fourth-order valence-electron chi connectivity index (χ4n) is 3.08. The van der Waals surface area contributed by atoms with E-state index in [-0.39, 0.29) is 0 Å². The summed E-state index contributed by atoms with van der Waals surface area (Å²) < 4.78 is 0. The number of hydrogen-bond donors (Lipinski definition) is 0. The topological polar surface area (TPSA) is 51.6 Å². The lowest BCUT2D eigenvalue weighted by Gasteiger charge is -2.10. The lowest BCUT2D eigenvalue weighted by atomic mass is 10.0. The van der Waals surface area contributed by atoms with Crippen LogP contribution in [0.3, 0.4) is 0 Å². The molecule has 0 radical (unpaired) electrons. The molecule has 4 aromatic rings. The summed E-state index contributed by atoms with van der Waals surface area (Å²) in [6.45, 7) is 4.05. The molecule has 0 aromatic carbocycles. The highest BCUT2D eigenvalue weighted by Crippen LogP contribution is 2.27. The molecule has 0 spiro atoms. The Balaban J connectivity index is 1.70. The fourth-order valence-corrected chi connectivity index (χ4v) is 3.08. The number of hydrogen-bond acceptors (Lipinski definition) is 4. The van der Waals surface area contributed by atoms with E-state index in [4.69, 9.17) is 9.97 Å². The van der Waals surface area contributed by atoms with Crippen LogP contribution in [-0.2, 0) is 0 Å². The van der Waals surface area contributed by atoms with Gasteiger partial charge in [-0.25, -0.2) is 0 Å². The van der Waals surface area contributed by atoms with Gasteiger partial charge in [-0.3, -0.25) is 19.9 Å². The lowest BCUT2D eigenvalue weighted by molar-refractivity contribution is 1.15. The second-order valence-electron chi connectivity index (χ2n) is 6.13. The molecule has 4 nitrogen and oxygen atoms in total. The maximum absolute atomic E-state index is 4.77. The zero-order chi connectivity index (χ0) is 17.9. The summed E-state index contributed by atoms with van der Waals surface area (Å²) in [4.78, 5) is 17.7. The first kappa shape index (κ1) is 16.1. The van der Waals surface area contributed by atoms with E-state index in [2.05, 4.69) is 22.1 Å². The van der Waals surface area contributed by atoms with Crippen LogP contribution in [0.1, 0.15) is 11.4 Å². The minimum absolute atomic E-state index is 0.879. The van der Waals surface area contributed by atoms with Crippen LogP contribution in [-0.4, -0.2) is 19.9 Å². The smallest absolute Gasteiger partial charge is 0.0889 e. The van der Waals surface area contributed by atoms with E-state index >= 15 is 0 Å². The van der Waals surface area contributed by atoms with Crippen LogP contribution in [0.2, 0.25) is 0 Å². The zero-order valence-corrected chi connectivity index (χ0v) is 14.7. The maximum Gasteiger partial charge on any atom is 0.0889 e. The molecule has 0 N–H and O–H groups in total. The number of aryl methyl sites for hydroxylation is 2. The molecule has 0 saturated heterocycles. The van der Waals surface area contributed by atoms with Crippen molar-refractivity contribution in [1.82, 2.24) is 19.9 Å². The predicted molar refractivity (Wildman–Crippen MR) is 103 cm³/mol. The van der Waals surface area contributed by atoms with E-state index in [0.29, 0.717) is 0 Å².